The van der Waals surface area contributed by atoms with E-state index in [1.807, 2.05) is 0 Å². The number of hydrogen-bond acceptors (Lipinski definition) is 4. The Morgan fingerprint density at radius 1 is 1.37 bits per heavy atom. The maximum Gasteiger partial charge on any atom is 0.326 e. The number of carbonyl (C=O) groups is 3. The smallest absolute Gasteiger partial charge is 0.326 e. The monoisotopic (exact) mass is 272 g/mol. The molecule has 1 aliphatic rings. The number of carboxylic acid groups (broad SMARTS) is 1. The second kappa shape index (κ2) is 7.73. The molecule has 0 aromatic heterocycles. The number of aliphatic carboxylic acids is 1. The molecule has 0 spiro atoms. The Morgan fingerprint density at radius 3 is 2.74 bits per heavy atom. The van der Waals surface area contributed by atoms with Gasteiger partial charge in [-0.05, 0) is 12.8 Å². The number of rotatable bonds is 7. The van der Waals surface area contributed by atoms with Crippen molar-refractivity contribution in [1.82, 2.24) is 10.2 Å². The minimum Gasteiger partial charge on any atom is -0.480 e. The fourth-order valence-electron chi connectivity index (χ4n) is 2.07. The van der Waals surface area contributed by atoms with Crippen LogP contribution in [-0.4, -0.2) is 60.6 Å². The lowest BCUT2D eigenvalue weighted by atomic mass is 10.2. The van der Waals surface area contributed by atoms with Gasteiger partial charge >= 0.3 is 5.97 Å². The number of nitrogens with zero attached hydrogens (tertiary/aromatic N) is 1. The van der Waals surface area contributed by atoms with E-state index in [-0.39, 0.29) is 24.7 Å². The fraction of sp³-hybridized carbons (Fsp3) is 0.750. The van der Waals surface area contributed by atoms with E-state index in [9.17, 15) is 14.4 Å². The summed E-state index contributed by atoms with van der Waals surface area (Å²) in [5.41, 5.74) is 0. The Hall–Kier alpha value is -1.63. The number of hydrogen-bond donors (Lipinski definition) is 2. The zero-order chi connectivity index (χ0) is 14.3. The summed E-state index contributed by atoms with van der Waals surface area (Å²) < 4.78 is 4.78. The molecule has 19 heavy (non-hydrogen) atoms. The number of ether oxygens (including phenoxy) is 1. The molecule has 7 nitrogen and oxygen atoms in total. The number of amides is 2. The van der Waals surface area contributed by atoms with E-state index in [1.165, 1.54) is 12.0 Å². The third kappa shape index (κ3) is 4.86. The molecular formula is C12H20N2O5. The second-order valence-corrected chi connectivity index (χ2v) is 4.43. The first-order valence-corrected chi connectivity index (χ1v) is 6.34. The highest BCUT2D eigenvalue weighted by molar-refractivity contribution is 5.87. The van der Waals surface area contributed by atoms with Gasteiger partial charge in [0.15, 0.2) is 0 Å². The highest BCUT2D eigenvalue weighted by Crippen LogP contribution is 2.18. The predicted octanol–water partition coefficient (Wildman–Crippen LogP) is -0.395. The van der Waals surface area contributed by atoms with E-state index in [2.05, 4.69) is 5.32 Å². The summed E-state index contributed by atoms with van der Waals surface area (Å²) in [6.07, 6.45) is 1.30. The molecule has 1 fully saturated rings. The summed E-state index contributed by atoms with van der Waals surface area (Å²) in [5.74, 6) is -1.47. The van der Waals surface area contributed by atoms with E-state index in [0.29, 0.717) is 32.5 Å². The summed E-state index contributed by atoms with van der Waals surface area (Å²) in [7, 11) is 1.54. The average Bonchev–Trinajstić information content (AvgIpc) is 2.85. The molecule has 1 atom stereocenters. The molecule has 0 radical (unpaired) electrons. The van der Waals surface area contributed by atoms with Crippen molar-refractivity contribution in [3.63, 3.8) is 0 Å². The maximum atomic E-state index is 11.9. The molecule has 7 heteroatoms. The molecule has 0 aliphatic carbocycles. The van der Waals surface area contributed by atoms with Crippen molar-refractivity contribution in [2.45, 2.75) is 31.7 Å². The average molecular weight is 272 g/mol. The van der Waals surface area contributed by atoms with Gasteiger partial charge in [0.25, 0.3) is 0 Å². The lowest BCUT2D eigenvalue weighted by molar-refractivity contribution is -0.148. The Morgan fingerprint density at radius 2 is 2.11 bits per heavy atom. The number of likely N-dealkylation sites (tertiary alicyclic amines) is 1. The van der Waals surface area contributed by atoms with Crippen molar-refractivity contribution in [1.29, 1.82) is 0 Å². The summed E-state index contributed by atoms with van der Waals surface area (Å²) in [6, 6.07) is -0.732. The van der Waals surface area contributed by atoms with Gasteiger partial charge in [-0.1, -0.05) is 0 Å². The fourth-order valence-corrected chi connectivity index (χ4v) is 2.07. The van der Waals surface area contributed by atoms with Crippen molar-refractivity contribution < 1.29 is 24.2 Å². The first-order valence-electron chi connectivity index (χ1n) is 6.34. The Balaban J connectivity index is 2.30. The summed E-state index contributed by atoms with van der Waals surface area (Å²) in [4.78, 5) is 35.5. The molecule has 0 bridgehead atoms. The van der Waals surface area contributed by atoms with Gasteiger partial charge in [0.2, 0.25) is 11.8 Å². The largest absolute Gasteiger partial charge is 0.480 e. The predicted molar refractivity (Wildman–Crippen MR) is 66.5 cm³/mol. The zero-order valence-electron chi connectivity index (χ0n) is 11.1. The van der Waals surface area contributed by atoms with Crippen LogP contribution in [0.15, 0.2) is 0 Å². The van der Waals surface area contributed by atoms with Crippen LogP contribution in [-0.2, 0) is 19.1 Å². The normalized spacial score (nSPS) is 18.4. The van der Waals surface area contributed by atoms with Gasteiger partial charge in [-0.15, -0.1) is 0 Å². The van der Waals surface area contributed by atoms with E-state index >= 15 is 0 Å². The number of methoxy groups -OCH3 is 1. The zero-order valence-corrected chi connectivity index (χ0v) is 11.1. The quantitative estimate of drug-likeness (QED) is 0.615. The van der Waals surface area contributed by atoms with E-state index in [0.717, 1.165) is 0 Å². The van der Waals surface area contributed by atoms with Crippen molar-refractivity contribution in [3.8, 4) is 0 Å². The molecule has 1 unspecified atom stereocenters. The minimum absolute atomic E-state index is 0.0442. The molecular weight excluding hydrogens is 252 g/mol. The topological polar surface area (TPSA) is 95.9 Å². The summed E-state index contributed by atoms with van der Waals surface area (Å²) in [5, 5.41) is 11.6. The number of nitrogens with one attached hydrogen (secondary N) is 1. The highest BCUT2D eigenvalue weighted by atomic mass is 16.5. The summed E-state index contributed by atoms with van der Waals surface area (Å²) >= 11 is 0. The first kappa shape index (κ1) is 15.4. The van der Waals surface area contributed by atoms with Crippen LogP contribution in [0.2, 0.25) is 0 Å². The lowest BCUT2D eigenvalue weighted by Gasteiger charge is -2.21. The van der Waals surface area contributed by atoms with Gasteiger partial charge in [0.1, 0.15) is 6.04 Å². The van der Waals surface area contributed by atoms with Gasteiger partial charge in [0.05, 0.1) is 6.61 Å². The number of carbonyl (C=O) groups excluding carboxylic acids is 2. The van der Waals surface area contributed by atoms with Crippen LogP contribution in [0.25, 0.3) is 0 Å². The van der Waals surface area contributed by atoms with Gasteiger partial charge in [-0.2, -0.15) is 0 Å². The molecule has 1 saturated heterocycles. The molecule has 1 rings (SSSR count). The van der Waals surface area contributed by atoms with Crippen molar-refractivity contribution in [2.75, 3.05) is 26.8 Å². The van der Waals surface area contributed by atoms with E-state index < -0.39 is 12.0 Å². The molecule has 1 heterocycles. The lowest BCUT2D eigenvalue weighted by Crippen LogP contribution is -2.40. The van der Waals surface area contributed by atoms with Crippen LogP contribution in [0.5, 0.6) is 0 Å². The van der Waals surface area contributed by atoms with Crippen molar-refractivity contribution in [3.05, 3.63) is 0 Å². The molecule has 0 aromatic carbocycles. The molecule has 2 N–H and O–H groups in total. The van der Waals surface area contributed by atoms with Gasteiger partial charge in [0, 0.05) is 33.0 Å². The maximum absolute atomic E-state index is 11.9. The van der Waals surface area contributed by atoms with Gasteiger partial charge in [-0.25, -0.2) is 4.79 Å². The highest BCUT2D eigenvalue weighted by Gasteiger charge is 2.33. The third-order valence-corrected chi connectivity index (χ3v) is 3.05. The van der Waals surface area contributed by atoms with Gasteiger partial charge < -0.3 is 20.1 Å². The van der Waals surface area contributed by atoms with Crippen molar-refractivity contribution in [2.24, 2.45) is 0 Å². The first-order chi connectivity index (χ1) is 9.06. The molecule has 108 valence electrons. The van der Waals surface area contributed by atoms with E-state index in [1.54, 1.807) is 0 Å². The summed E-state index contributed by atoms with van der Waals surface area (Å²) in [6.45, 7) is 1.29. The van der Waals surface area contributed by atoms with Gasteiger partial charge in [-0.3, -0.25) is 9.59 Å². The van der Waals surface area contributed by atoms with Crippen LogP contribution >= 0.6 is 0 Å². The Kier molecular flexibility index (Phi) is 6.27. The van der Waals surface area contributed by atoms with Crippen molar-refractivity contribution >= 4 is 17.8 Å². The SMILES string of the molecule is COCCNC(=O)CCC(=O)N1CCCC1C(=O)O. The molecule has 0 aromatic rings. The van der Waals surface area contributed by atoms with Crippen LogP contribution in [0.3, 0.4) is 0 Å². The third-order valence-electron chi connectivity index (χ3n) is 3.05. The second-order valence-electron chi connectivity index (χ2n) is 4.43. The molecule has 0 saturated carbocycles. The Labute approximate surface area is 111 Å². The van der Waals surface area contributed by atoms with Crippen LogP contribution < -0.4 is 5.32 Å². The van der Waals surface area contributed by atoms with Crippen LogP contribution in [0, 0.1) is 0 Å². The molecule has 2 amide bonds. The molecule has 1 aliphatic heterocycles. The standard InChI is InChI=1S/C12H20N2O5/c1-19-8-6-13-10(15)4-5-11(16)14-7-2-3-9(14)12(17)18/h9H,2-8H2,1H3,(H,13,15)(H,17,18). The minimum atomic E-state index is -0.976. The van der Waals surface area contributed by atoms with Crippen LogP contribution in [0.1, 0.15) is 25.7 Å². The van der Waals surface area contributed by atoms with Crippen LogP contribution in [0.4, 0.5) is 0 Å². The Bertz CT molecular complexity index is 345. The van der Waals surface area contributed by atoms with E-state index in [4.69, 9.17) is 9.84 Å². The number of carboxylic acids is 1.